The summed E-state index contributed by atoms with van der Waals surface area (Å²) in [6.45, 7) is 1.14. The van der Waals surface area contributed by atoms with Gasteiger partial charge in [0.15, 0.2) is 0 Å². The van der Waals surface area contributed by atoms with Crippen molar-refractivity contribution in [2.45, 2.75) is 25.6 Å². The highest BCUT2D eigenvalue weighted by Crippen LogP contribution is 2.39. The van der Waals surface area contributed by atoms with Gasteiger partial charge in [0.25, 0.3) is 0 Å². The van der Waals surface area contributed by atoms with E-state index < -0.39 is 47.0 Å². The monoisotopic (exact) mass is 498 g/mol. The first kappa shape index (κ1) is 25.2. The lowest BCUT2D eigenvalue weighted by Gasteiger charge is -2.30. The Kier molecular flexibility index (Phi) is 7.02. The number of nitrogens with zero attached hydrogens (tertiary/aromatic N) is 4. The summed E-state index contributed by atoms with van der Waals surface area (Å²) >= 11 is 5.81. The van der Waals surface area contributed by atoms with Crippen LogP contribution in [0.25, 0.3) is 0 Å². The minimum Gasteiger partial charge on any atom is -0.469 e. The number of hydrogen-bond acceptors (Lipinski definition) is 6. The number of benzene rings is 1. The highest BCUT2D eigenvalue weighted by molar-refractivity contribution is 6.31. The van der Waals surface area contributed by atoms with Crippen LogP contribution in [-0.4, -0.2) is 43.6 Å². The van der Waals surface area contributed by atoms with Crippen LogP contribution in [-0.2, 0) is 20.5 Å². The Bertz CT molecular complexity index is 1180. The minimum atomic E-state index is -4.84. The largest absolute Gasteiger partial charge is 0.469 e. The van der Waals surface area contributed by atoms with Gasteiger partial charge < -0.3 is 14.5 Å². The maximum Gasteiger partial charge on any atom is 0.417 e. The van der Waals surface area contributed by atoms with Crippen LogP contribution in [0.3, 0.4) is 0 Å². The van der Waals surface area contributed by atoms with Gasteiger partial charge >= 0.3 is 12.1 Å². The van der Waals surface area contributed by atoms with Gasteiger partial charge in [0.2, 0.25) is 5.91 Å². The van der Waals surface area contributed by atoms with Crippen LogP contribution in [0.15, 0.2) is 24.3 Å². The van der Waals surface area contributed by atoms with E-state index in [4.69, 9.17) is 16.3 Å². The number of ether oxygens (including phenoxy) is 1. The number of likely N-dealkylation sites (N-methyl/N-ethyl adjacent to an activating group) is 1. The average Bonchev–Trinajstić information content (AvgIpc) is 3.23. The molecule has 0 bridgehead atoms. The highest BCUT2D eigenvalue weighted by Gasteiger charge is 2.45. The van der Waals surface area contributed by atoms with Gasteiger partial charge in [-0.25, -0.2) is 9.37 Å². The number of hydrogen-bond donors (Lipinski definition) is 0. The summed E-state index contributed by atoms with van der Waals surface area (Å²) in [5, 5.41) is 9.32. The number of anilines is 2. The van der Waals surface area contributed by atoms with Crippen molar-refractivity contribution in [2.24, 2.45) is 5.92 Å². The molecule has 3 rings (SSSR count). The number of pyridine rings is 1. The SMILES string of the molecule is COC(=O)[C@H]1C[C@@H](C(=O)N(C)c2ccc(F)c(Cl)c2)N(c2nc(C)cc(C(F)(F)F)c2C#N)C1. The van der Waals surface area contributed by atoms with E-state index in [-0.39, 0.29) is 35.2 Å². The number of carbonyl (C=O) groups is 2. The fourth-order valence-electron chi connectivity index (χ4n) is 3.88. The summed E-state index contributed by atoms with van der Waals surface area (Å²) in [4.78, 5) is 32.1. The number of aryl methyl sites for hydroxylation is 1. The molecule has 1 aromatic carbocycles. The number of amides is 1. The number of aromatic nitrogens is 1. The van der Waals surface area contributed by atoms with Crippen molar-refractivity contribution in [3.63, 3.8) is 0 Å². The number of rotatable bonds is 4. The molecule has 0 aliphatic carbocycles. The number of halogens is 5. The molecular weight excluding hydrogens is 480 g/mol. The van der Waals surface area contributed by atoms with Crippen molar-refractivity contribution >= 4 is 35.0 Å². The van der Waals surface area contributed by atoms with Gasteiger partial charge in [0, 0.05) is 25.0 Å². The lowest BCUT2D eigenvalue weighted by atomic mass is 10.0. The molecule has 1 saturated heterocycles. The number of methoxy groups -OCH3 is 1. The summed E-state index contributed by atoms with van der Waals surface area (Å²) in [6.07, 6.45) is -4.93. The number of nitriles is 1. The molecule has 0 unspecified atom stereocenters. The number of carbonyl (C=O) groups excluding carboxylic acids is 2. The molecule has 1 aromatic heterocycles. The van der Waals surface area contributed by atoms with Crippen LogP contribution in [0.2, 0.25) is 5.02 Å². The van der Waals surface area contributed by atoms with Crippen LogP contribution >= 0.6 is 11.6 Å². The lowest BCUT2D eigenvalue weighted by Crippen LogP contribution is -2.45. The second kappa shape index (κ2) is 9.46. The first-order valence-corrected chi connectivity index (χ1v) is 10.3. The molecule has 7 nitrogen and oxygen atoms in total. The Balaban J connectivity index is 2.10. The van der Waals surface area contributed by atoms with Gasteiger partial charge in [-0.1, -0.05) is 11.6 Å². The lowest BCUT2D eigenvalue weighted by molar-refractivity contribution is -0.144. The van der Waals surface area contributed by atoms with Crippen LogP contribution in [0.5, 0.6) is 0 Å². The zero-order valence-electron chi connectivity index (χ0n) is 18.3. The smallest absolute Gasteiger partial charge is 0.417 e. The molecule has 1 fully saturated rings. The predicted molar refractivity (Wildman–Crippen MR) is 115 cm³/mol. The minimum absolute atomic E-state index is 0.0206. The molecule has 1 amide bonds. The van der Waals surface area contributed by atoms with Crippen molar-refractivity contribution in [1.29, 1.82) is 5.26 Å². The Morgan fingerprint density at radius 2 is 2.00 bits per heavy atom. The second-order valence-electron chi connectivity index (χ2n) is 7.74. The van der Waals surface area contributed by atoms with Gasteiger partial charge in [-0.3, -0.25) is 9.59 Å². The summed E-state index contributed by atoms with van der Waals surface area (Å²) in [5.41, 5.74) is -1.74. The van der Waals surface area contributed by atoms with E-state index in [1.165, 1.54) is 31.0 Å². The molecule has 0 N–H and O–H groups in total. The van der Waals surface area contributed by atoms with E-state index in [2.05, 4.69) is 4.98 Å². The second-order valence-corrected chi connectivity index (χ2v) is 8.15. The van der Waals surface area contributed by atoms with Gasteiger partial charge in [-0.15, -0.1) is 0 Å². The molecule has 2 heterocycles. The van der Waals surface area contributed by atoms with E-state index in [0.29, 0.717) is 0 Å². The fourth-order valence-corrected chi connectivity index (χ4v) is 4.06. The summed E-state index contributed by atoms with van der Waals surface area (Å²) in [5.74, 6) is -3.18. The van der Waals surface area contributed by atoms with E-state index in [0.717, 1.165) is 24.1 Å². The van der Waals surface area contributed by atoms with Crippen molar-refractivity contribution in [1.82, 2.24) is 4.98 Å². The first-order valence-electron chi connectivity index (χ1n) is 9.95. The molecule has 2 atom stereocenters. The third kappa shape index (κ3) is 4.77. The Morgan fingerprint density at radius 1 is 1.32 bits per heavy atom. The summed E-state index contributed by atoms with van der Waals surface area (Å²) in [7, 11) is 2.54. The van der Waals surface area contributed by atoms with Crippen LogP contribution in [0.4, 0.5) is 29.1 Å². The van der Waals surface area contributed by atoms with E-state index in [1.54, 1.807) is 6.07 Å². The summed E-state index contributed by atoms with van der Waals surface area (Å²) in [6, 6.07) is 4.74. The molecular formula is C22H19ClF4N4O3. The Hall–Kier alpha value is -3.39. The summed E-state index contributed by atoms with van der Waals surface area (Å²) < 4.78 is 59.2. The molecule has 1 aliphatic heterocycles. The number of alkyl halides is 3. The molecule has 1 aliphatic rings. The van der Waals surface area contributed by atoms with Gasteiger partial charge in [0.05, 0.1) is 23.6 Å². The molecule has 0 radical (unpaired) electrons. The van der Waals surface area contributed by atoms with E-state index in [1.807, 2.05) is 0 Å². The molecule has 2 aromatic rings. The van der Waals surface area contributed by atoms with Crippen molar-refractivity contribution < 1.29 is 31.9 Å². The maximum absolute atomic E-state index is 13.6. The van der Waals surface area contributed by atoms with Gasteiger partial charge in [-0.2, -0.15) is 18.4 Å². The van der Waals surface area contributed by atoms with Crippen LogP contribution in [0.1, 0.15) is 23.2 Å². The molecule has 0 saturated carbocycles. The zero-order valence-corrected chi connectivity index (χ0v) is 19.0. The normalized spacial score (nSPS) is 17.9. The molecule has 180 valence electrons. The quantitative estimate of drug-likeness (QED) is 0.466. The average molecular weight is 499 g/mol. The predicted octanol–water partition coefficient (Wildman–Crippen LogP) is 4.10. The standard InChI is InChI=1S/C22H19ClF4N4O3/c1-11-6-15(22(25,26)27)14(9-28)19(29-11)31-10-12(21(33)34-3)7-18(31)20(32)30(2)13-4-5-17(24)16(23)8-13/h4-6,8,12,18H,7,10H2,1-3H3/t12-,18-/m0/s1. The van der Waals surface area contributed by atoms with Crippen molar-refractivity contribution in [2.75, 3.05) is 30.5 Å². The molecule has 34 heavy (non-hydrogen) atoms. The van der Waals surface area contributed by atoms with Crippen LogP contribution < -0.4 is 9.80 Å². The first-order chi connectivity index (χ1) is 15.9. The van der Waals surface area contributed by atoms with Crippen LogP contribution in [0, 0.1) is 30.0 Å². The molecule has 12 heteroatoms. The fraction of sp³-hybridized carbons (Fsp3) is 0.364. The van der Waals surface area contributed by atoms with E-state index in [9.17, 15) is 32.4 Å². The maximum atomic E-state index is 13.6. The highest BCUT2D eigenvalue weighted by atomic mass is 35.5. The third-order valence-electron chi connectivity index (χ3n) is 5.56. The van der Waals surface area contributed by atoms with Crippen molar-refractivity contribution in [3.8, 4) is 6.07 Å². The Morgan fingerprint density at radius 3 is 2.56 bits per heavy atom. The third-order valence-corrected chi connectivity index (χ3v) is 5.85. The Labute approximate surface area is 197 Å². The van der Waals surface area contributed by atoms with E-state index >= 15 is 0 Å². The van der Waals surface area contributed by atoms with Gasteiger partial charge in [0.1, 0.15) is 29.3 Å². The van der Waals surface area contributed by atoms with Gasteiger partial charge in [-0.05, 0) is 37.6 Å². The van der Waals surface area contributed by atoms with Crippen molar-refractivity contribution in [3.05, 3.63) is 51.9 Å². The zero-order chi connectivity index (χ0) is 25.4. The topological polar surface area (TPSA) is 86.5 Å². The molecule has 0 spiro atoms. The number of esters is 1.